The van der Waals surface area contributed by atoms with Crippen LogP contribution in [0.2, 0.25) is 0 Å². The lowest BCUT2D eigenvalue weighted by Crippen LogP contribution is -2.28. The molecule has 0 heterocycles. The molecule has 0 amide bonds. The summed E-state index contributed by atoms with van der Waals surface area (Å²) >= 11 is 3.47. The van der Waals surface area contributed by atoms with Crippen LogP contribution in [0.5, 0.6) is 0 Å². The highest BCUT2D eigenvalue weighted by molar-refractivity contribution is 9.10. The molecule has 2 N–H and O–H groups in total. The average molecular weight is 244 g/mol. The summed E-state index contributed by atoms with van der Waals surface area (Å²) in [6.07, 6.45) is 0. The highest BCUT2D eigenvalue weighted by Gasteiger charge is 2.01. The Morgan fingerprint density at radius 1 is 1.46 bits per heavy atom. The number of aliphatic hydroxyl groups excluding tert-OH is 1. The molecular weight excluding hydrogens is 230 g/mol. The average Bonchev–Trinajstić information content (AvgIpc) is 2.16. The van der Waals surface area contributed by atoms with Crippen LogP contribution in [0.4, 0.5) is 0 Å². The second kappa shape index (κ2) is 5.37. The minimum Gasteiger partial charge on any atom is -0.395 e. The van der Waals surface area contributed by atoms with Crippen molar-refractivity contribution in [3.63, 3.8) is 0 Å². The molecule has 0 radical (unpaired) electrons. The molecule has 0 fully saturated rings. The van der Waals surface area contributed by atoms with Gasteiger partial charge in [-0.1, -0.05) is 34.1 Å². The number of hydrogen-bond acceptors (Lipinski definition) is 2. The Morgan fingerprint density at radius 2 is 2.15 bits per heavy atom. The van der Waals surface area contributed by atoms with E-state index in [1.807, 2.05) is 25.1 Å². The topological polar surface area (TPSA) is 32.3 Å². The van der Waals surface area contributed by atoms with Gasteiger partial charge in [-0.05, 0) is 18.6 Å². The number of aliphatic hydroxyl groups is 1. The van der Waals surface area contributed by atoms with Gasteiger partial charge < -0.3 is 10.4 Å². The monoisotopic (exact) mass is 243 g/mol. The van der Waals surface area contributed by atoms with Gasteiger partial charge in [0.25, 0.3) is 0 Å². The van der Waals surface area contributed by atoms with Crippen molar-refractivity contribution < 1.29 is 5.11 Å². The largest absolute Gasteiger partial charge is 0.395 e. The van der Waals surface area contributed by atoms with Crippen molar-refractivity contribution in [3.8, 4) is 0 Å². The van der Waals surface area contributed by atoms with Gasteiger partial charge in [-0.25, -0.2) is 0 Å². The van der Waals surface area contributed by atoms with E-state index in [0.717, 1.165) is 11.0 Å². The molecule has 0 aromatic heterocycles. The number of nitrogens with one attached hydrogen (secondary N) is 1. The molecule has 0 bridgehead atoms. The Bertz CT molecular complexity index is 265. The van der Waals surface area contributed by atoms with Crippen molar-refractivity contribution in [1.82, 2.24) is 5.32 Å². The van der Waals surface area contributed by atoms with E-state index in [0.29, 0.717) is 0 Å². The standard InChI is InChI=1S/C10H14BrNO/c1-8(7-13)12-6-9-4-2-3-5-10(9)11/h2-5,8,12-13H,6-7H2,1H3/t8-/m1/s1. The van der Waals surface area contributed by atoms with Crippen molar-refractivity contribution in [2.24, 2.45) is 0 Å². The molecule has 2 nitrogen and oxygen atoms in total. The molecule has 1 atom stereocenters. The summed E-state index contributed by atoms with van der Waals surface area (Å²) in [6.45, 7) is 2.91. The lowest BCUT2D eigenvalue weighted by Gasteiger charge is -2.11. The fourth-order valence-corrected chi connectivity index (χ4v) is 1.42. The second-order valence-corrected chi connectivity index (χ2v) is 3.91. The first-order valence-electron chi connectivity index (χ1n) is 4.31. The van der Waals surface area contributed by atoms with E-state index in [1.165, 1.54) is 5.56 Å². The third kappa shape index (κ3) is 3.46. The number of halogens is 1. The summed E-state index contributed by atoms with van der Waals surface area (Å²) in [7, 11) is 0. The molecule has 0 unspecified atom stereocenters. The van der Waals surface area contributed by atoms with Gasteiger partial charge in [0.2, 0.25) is 0 Å². The predicted octanol–water partition coefficient (Wildman–Crippen LogP) is 1.92. The first kappa shape index (κ1) is 10.7. The highest BCUT2D eigenvalue weighted by Crippen LogP contribution is 2.15. The molecule has 0 saturated heterocycles. The minimum atomic E-state index is 0.145. The smallest absolute Gasteiger partial charge is 0.0582 e. The lowest BCUT2D eigenvalue weighted by atomic mass is 10.2. The van der Waals surface area contributed by atoms with Crippen molar-refractivity contribution in [1.29, 1.82) is 0 Å². The third-order valence-corrected chi connectivity index (χ3v) is 2.65. The number of hydrogen-bond donors (Lipinski definition) is 2. The zero-order valence-electron chi connectivity index (χ0n) is 7.63. The first-order chi connectivity index (χ1) is 6.24. The van der Waals surface area contributed by atoms with Gasteiger partial charge >= 0.3 is 0 Å². The Balaban J connectivity index is 2.50. The summed E-state index contributed by atoms with van der Waals surface area (Å²) in [6, 6.07) is 8.21. The van der Waals surface area contributed by atoms with Gasteiger partial charge in [0.05, 0.1) is 6.61 Å². The molecule has 13 heavy (non-hydrogen) atoms. The quantitative estimate of drug-likeness (QED) is 0.848. The van der Waals surface area contributed by atoms with E-state index in [4.69, 9.17) is 5.11 Å². The van der Waals surface area contributed by atoms with Crippen LogP contribution in [0, 0.1) is 0 Å². The molecule has 1 aromatic rings. The number of benzene rings is 1. The minimum absolute atomic E-state index is 0.145. The van der Waals surface area contributed by atoms with Crippen LogP contribution in [-0.2, 0) is 6.54 Å². The second-order valence-electron chi connectivity index (χ2n) is 3.06. The van der Waals surface area contributed by atoms with Gasteiger partial charge in [-0.3, -0.25) is 0 Å². The van der Waals surface area contributed by atoms with Gasteiger partial charge in [0.15, 0.2) is 0 Å². The molecule has 0 spiro atoms. The maximum absolute atomic E-state index is 8.81. The van der Waals surface area contributed by atoms with E-state index in [9.17, 15) is 0 Å². The Morgan fingerprint density at radius 3 is 2.77 bits per heavy atom. The molecule has 72 valence electrons. The van der Waals surface area contributed by atoms with Crippen molar-refractivity contribution in [3.05, 3.63) is 34.3 Å². The Kier molecular flexibility index (Phi) is 4.42. The van der Waals surface area contributed by atoms with Crippen LogP contribution in [0.1, 0.15) is 12.5 Å². The Labute approximate surface area is 87.1 Å². The van der Waals surface area contributed by atoms with Gasteiger partial charge in [0.1, 0.15) is 0 Å². The van der Waals surface area contributed by atoms with Crippen LogP contribution in [0.3, 0.4) is 0 Å². The van der Waals surface area contributed by atoms with E-state index in [-0.39, 0.29) is 12.6 Å². The molecule has 0 aliphatic heterocycles. The summed E-state index contributed by atoms with van der Waals surface area (Å²) in [5.41, 5.74) is 1.21. The van der Waals surface area contributed by atoms with E-state index < -0.39 is 0 Å². The van der Waals surface area contributed by atoms with Crippen LogP contribution in [0.15, 0.2) is 28.7 Å². The van der Waals surface area contributed by atoms with Crippen LogP contribution in [-0.4, -0.2) is 17.8 Å². The summed E-state index contributed by atoms with van der Waals surface area (Å²) in [5, 5.41) is 12.0. The van der Waals surface area contributed by atoms with Crippen molar-refractivity contribution in [2.45, 2.75) is 19.5 Å². The van der Waals surface area contributed by atoms with Crippen LogP contribution in [0.25, 0.3) is 0 Å². The normalized spacial score (nSPS) is 12.8. The van der Waals surface area contributed by atoms with Gasteiger partial charge in [-0.15, -0.1) is 0 Å². The molecule has 0 saturated carbocycles. The Hall–Kier alpha value is -0.380. The fraction of sp³-hybridized carbons (Fsp3) is 0.400. The van der Waals surface area contributed by atoms with Gasteiger partial charge in [0, 0.05) is 17.1 Å². The fourth-order valence-electron chi connectivity index (χ4n) is 0.990. The van der Waals surface area contributed by atoms with E-state index in [2.05, 4.69) is 27.3 Å². The molecule has 3 heteroatoms. The van der Waals surface area contributed by atoms with E-state index in [1.54, 1.807) is 0 Å². The maximum atomic E-state index is 8.81. The molecular formula is C10H14BrNO. The molecule has 1 aromatic carbocycles. The SMILES string of the molecule is C[C@H](CO)NCc1ccccc1Br. The predicted molar refractivity (Wildman–Crippen MR) is 57.5 cm³/mol. The summed E-state index contributed by atoms with van der Waals surface area (Å²) in [5.74, 6) is 0. The van der Waals surface area contributed by atoms with Crippen LogP contribution < -0.4 is 5.32 Å². The summed E-state index contributed by atoms with van der Waals surface area (Å²) < 4.78 is 1.10. The summed E-state index contributed by atoms with van der Waals surface area (Å²) in [4.78, 5) is 0. The highest BCUT2D eigenvalue weighted by atomic mass is 79.9. The third-order valence-electron chi connectivity index (χ3n) is 1.87. The number of rotatable bonds is 4. The molecule has 0 aliphatic carbocycles. The van der Waals surface area contributed by atoms with Crippen molar-refractivity contribution in [2.75, 3.05) is 6.61 Å². The van der Waals surface area contributed by atoms with Gasteiger partial charge in [-0.2, -0.15) is 0 Å². The van der Waals surface area contributed by atoms with Crippen LogP contribution >= 0.6 is 15.9 Å². The van der Waals surface area contributed by atoms with E-state index >= 15 is 0 Å². The zero-order valence-corrected chi connectivity index (χ0v) is 9.21. The lowest BCUT2D eigenvalue weighted by molar-refractivity contribution is 0.251. The first-order valence-corrected chi connectivity index (χ1v) is 5.11. The zero-order chi connectivity index (χ0) is 9.68. The molecule has 1 rings (SSSR count). The van der Waals surface area contributed by atoms with Crippen molar-refractivity contribution >= 4 is 15.9 Å². The maximum Gasteiger partial charge on any atom is 0.0582 e. The molecule has 0 aliphatic rings.